The number of aliphatic hydroxyl groups is 2. The van der Waals surface area contributed by atoms with E-state index in [-0.39, 0.29) is 6.61 Å². The van der Waals surface area contributed by atoms with Crippen molar-refractivity contribution in [1.29, 1.82) is 0 Å². The van der Waals surface area contributed by atoms with Crippen molar-refractivity contribution < 1.29 is 10.2 Å². The SMILES string of the molecule is N[C@@H](CO)[C@H](O)C1=CCCC1. The van der Waals surface area contributed by atoms with Crippen molar-refractivity contribution in [1.82, 2.24) is 0 Å². The van der Waals surface area contributed by atoms with Crippen LogP contribution in [-0.2, 0) is 0 Å². The molecule has 3 nitrogen and oxygen atoms in total. The van der Waals surface area contributed by atoms with Crippen molar-refractivity contribution in [3.63, 3.8) is 0 Å². The molecule has 0 fully saturated rings. The Morgan fingerprint density at radius 3 is 2.82 bits per heavy atom. The molecule has 0 heterocycles. The summed E-state index contributed by atoms with van der Waals surface area (Å²) < 4.78 is 0. The van der Waals surface area contributed by atoms with E-state index in [1.807, 2.05) is 6.08 Å². The van der Waals surface area contributed by atoms with Gasteiger partial charge in [-0.2, -0.15) is 0 Å². The molecule has 0 bridgehead atoms. The largest absolute Gasteiger partial charge is 0.395 e. The molecule has 0 saturated heterocycles. The minimum Gasteiger partial charge on any atom is -0.395 e. The predicted octanol–water partition coefficient (Wildman–Crippen LogP) is -0.223. The van der Waals surface area contributed by atoms with Gasteiger partial charge >= 0.3 is 0 Å². The Hall–Kier alpha value is -0.380. The lowest BCUT2D eigenvalue weighted by Gasteiger charge is -2.17. The second-order valence-electron chi connectivity index (χ2n) is 2.96. The van der Waals surface area contributed by atoms with E-state index < -0.39 is 12.1 Å². The molecule has 64 valence electrons. The van der Waals surface area contributed by atoms with Gasteiger partial charge in [-0.05, 0) is 24.8 Å². The highest BCUT2D eigenvalue weighted by molar-refractivity contribution is 5.14. The summed E-state index contributed by atoms with van der Waals surface area (Å²) in [6.07, 6.45) is 4.44. The van der Waals surface area contributed by atoms with E-state index in [9.17, 15) is 5.11 Å². The first-order valence-electron chi connectivity index (χ1n) is 3.99. The second kappa shape index (κ2) is 3.85. The van der Waals surface area contributed by atoms with Gasteiger partial charge in [0.1, 0.15) is 0 Å². The highest BCUT2D eigenvalue weighted by Gasteiger charge is 2.19. The van der Waals surface area contributed by atoms with Crippen LogP contribution in [0.5, 0.6) is 0 Å². The molecule has 0 aromatic heterocycles. The fourth-order valence-corrected chi connectivity index (χ4v) is 1.34. The first kappa shape index (κ1) is 8.71. The first-order chi connectivity index (χ1) is 5.25. The molecule has 0 saturated carbocycles. The second-order valence-corrected chi connectivity index (χ2v) is 2.96. The lowest BCUT2D eigenvalue weighted by molar-refractivity contribution is 0.134. The van der Waals surface area contributed by atoms with Gasteiger partial charge in [-0.3, -0.25) is 0 Å². The van der Waals surface area contributed by atoms with Crippen LogP contribution in [0.15, 0.2) is 11.6 Å². The maximum Gasteiger partial charge on any atom is 0.0923 e. The summed E-state index contributed by atoms with van der Waals surface area (Å²) in [4.78, 5) is 0. The minimum absolute atomic E-state index is 0.154. The van der Waals surface area contributed by atoms with Gasteiger partial charge in [0.15, 0.2) is 0 Å². The van der Waals surface area contributed by atoms with Crippen molar-refractivity contribution in [2.45, 2.75) is 31.4 Å². The summed E-state index contributed by atoms with van der Waals surface area (Å²) in [5.74, 6) is 0. The third-order valence-electron chi connectivity index (χ3n) is 2.07. The fourth-order valence-electron chi connectivity index (χ4n) is 1.34. The lowest BCUT2D eigenvalue weighted by Crippen LogP contribution is -2.38. The van der Waals surface area contributed by atoms with E-state index in [4.69, 9.17) is 10.8 Å². The van der Waals surface area contributed by atoms with Crippen LogP contribution < -0.4 is 5.73 Å². The van der Waals surface area contributed by atoms with Gasteiger partial charge in [0.25, 0.3) is 0 Å². The molecule has 1 aliphatic carbocycles. The van der Waals surface area contributed by atoms with E-state index in [1.54, 1.807) is 0 Å². The summed E-state index contributed by atoms with van der Waals surface area (Å²) in [6.45, 7) is -0.154. The Balaban J connectivity index is 2.45. The van der Waals surface area contributed by atoms with Gasteiger partial charge in [-0.25, -0.2) is 0 Å². The van der Waals surface area contributed by atoms with Gasteiger partial charge in [-0.1, -0.05) is 6.08 Å². The molecular formula is C8H15NO2. The van der Waals surface area contributed by atoms with Crippen molar-refractivity contribution in [2.75, 3.05) is 6.61 Å². The number of hydrogen-bond acceptors (Lipinski definition) is 3. The molecule has 0 radical (unpaired) electrons. The maximum absolute atomic E-state index is 9.46. The number of aliphatic hydroxyl groups excluding tert-OH is 2. The number of nitrogens with two attached hydrogens (primary N) is 1. The van der Waals surface area contributed by atoms with E-state index in [0.29, 0.717) is 0 Å². The summed E-state index contributed by atoms with van der Waals surface area (Å²) in [5, 5.41) is 18.1. The van der Waals surface area contributed by atoms with Gasteiger partial charge in [0, 0.05) is 0 Å². The zero-order valence-electron chi connectivity index (χ0n) is 6.53. The summed E-state index contributed by atoms with van der Waals surface area (Å²) >= 11 is 0. The highest BCUT2D eigenvalue weighted by Crippen LogP contribution is 2.21. The van der Waals surface area contributed by atoms with Gasteiger partial charge in [0.2, 0.25) is 0 Å². The van der Waals surface area contributed by atoms with Crippen LogP contribution >= 0.6 is 0 Å². The third kappa shape index (κ3) is 2.02. The molecule has 0 aliphatic heterocycles. The smallest absolute Gasteiger partial charge is 0.0923 e. The first-order valence-corrected chi connectivity index (χ1v) is 3.99. The zero-order valence-corrected chi connectivity index (χ0v) is 6.53. The van der Waals surface area contributed by atoms with Crippen LogP contribution in [-0.4, -0.2) is 29.0 Å². The van der Waals surface area contributed by atoms with Crippen molar-refractivity contribution in [3.8, 4) is 0 Å². The number of hydrogen-bond donors (Lipinski definition) is 3. The topological polar surface area (TPSA) is 66.5 Å². The monoisotopic (exact) mass is 157 g/mol. The molecule has 0 aromatic rings. The molecule has 1 rings (SSSR count). The highest BCUT2D eigenvalue weighted by atomic mass is 16.3. The Kier molecular flexibility index (Phi) is 3.05. The normalized spacial score (nSPS) is 23.0. The Bertz CT molecular complexity index is 156. The molecule has 1 aliphatic rings. The molecular weight excluding hydrogens is 142 g/mol. The van der Waals surface area contributed by atoms with Crippen LogP contribution in [0.1, 0.15) is 19.3 Å². The van der Waals surface area contributed by atoms with Crippen molar-refractivity contribution in [3.05, 3.63) is 11.6 Å². The lowest BCUT2D eigenvalue weighted by atomic mass is 10.0. The minimum atomic E-state index is -0.637. The molecule has 0 unspecified atom stereocenters. The summed E-state index contributed by atoms with van der Waals surface area (Å²) in [7, 11) is 0. The van der Waals surface area contributed by atoms with Crippen LogP contribution in [0.4, 0.5) is 0 Å². The molecule has 0 amide bonds. The molecule has 0 spiro atoms. The van der Waals surface area contributed by atoms with Gasteiger partial charge in [0.05, 0.1) is 18.8 Å². The van der Waals surface area contributed by atoms with Gasteiger partial charge in [-0.15, -0.1) is 0 Å². The van der Waals surface area contributed by atoms with Crippen LogP contribution in [0.2, 0.25) is 0 Å². The van der Waals surface area contributed by atoms with E-state index >= 15 is 0 Å². The third-order valence-corrected chi connectivity index (χ3v) is 2.07. The molecule has 4 N–H and O–H groups in total. The van der Waals surface area contributed by atoms with Crippen LogP contribution in [0, 0.1) is 0 Å². The molecule has 2 atom stereocenters. The fraction of sp³-hybridized carbons (Fsp3) is 0.750. The van der Waals surface area contributed by atoms with E-state index in [0.717, 1.165) is 24.8 Å². The zero-order chi connectivity index (χ0) is 8.27. The van der Waals surface area contributed by atoms with E-state index in [2.05, 4.69) is 0 Å². The van der Waals surface area contributed by atoms with E-state index in [1.165, 1.54) is 0 Å². The Labute approximate surface area is 66.5 Å². The average molecular weight is 157 g/mol. The van der Waals surface area contributed by atoms with Crippen LogP contribution in [0.25, 0.3) is 0 Å². The molecule has 11 heavy (non-hydrogen) atoms. The number of allylic oxidation sites excluding steroid dienone is 1. The van der Waals surface area contributed by atoms with Crippen molar-refractivity contribution >= 4 is 0 Å². The number of rotatable bonds is 3. The predicted molar refractivity (Wildman–Crippen MR) is 43.0 cm³/mol. The standard InChI is InChI=1S/C8H15NO2/c9-7(5-10)8(11)6-3-1-2-4-6/h3,7-8,10-11H,1-2,4-5,9H2/t7-,8+/m0/s1. The maximum atomic E-state index is 9.46. The van der Waals surface area contributed by atoms with Crippen LogP contribution in [0.3, 0.4) is 0 Å². The molecule has 0 aromatic carbocycles. The summed E-state index contributed by atoms with van der Waals surface area (Å²) in [6, 6.07) is -0.514. The van der Waals surface area contributed by atoms with Gasteiger partial charge < -0.3 is 15.9 Å². The molecule has 3 heteroatoms. The van der Waals surface area contributed by atoms with Crippen molar-refractivity contribution in [2.24, 2.45) is 5.73 Å². The Morgan fingerprint density at radius 1 is 1.64 bits per heavy atom. The quantitative estimate of drug-likeness (QED) is 0.496. The average Bonchev–Trinajstić information content (AvgIpc) is 2.53. The summed E-state index contributed by atoms with van der Waals surface area (Å²) in [5.41, 5.74) is 6.45. The Morgan fingerprint density at radius 2 is 2.36 bits per heavy atom.